The van der Waals surface area contributed by atoms with Gasteiger partial charge in [0, 0.05) is 39.7 Å². The molecule has 0 radical (unpaired) electrons. The van der Waals surface area contributed by atoms with Crippen molar-refractivity contribution in [2.24, 2.45) is 0 Å². The van der Waals surface area contributed by atoms with Crippen molar-refractivity contribution in [2.45, 2.75) is 0 Å². The standard InChI is InChI=1S/C34H24FN5O2/c1-42-26-14-22(12-24(35)16-26)27-8-5-9-30-28(27)17-32(38-30)33-29-15-21(10-11-31(29)39-40-33)23-13-25(19-36-18-23)37-34(41)20-6-3-2-4-7-20/h2-19,38H,1H3,(H,37,41)(H,39,40). The van der Waals surface area contributed by atoms with Gasteiger partial charge in [-0.05, 0) is 71.3 Å². The van der Waals surface area contributed by atoms with Crippen molar-refractivity contribution < 1.29 is 13.9 Å². The second-order valence-corrected chi connectivity index (χ2v) is 9.94. The summed E-state index contributed by atoms with van der Waals surface area (Å²) in [4.78, 5) is 20.5. The molecule has 0 aliphatic carbocycles. The number of ether oxygens (including phenoxy) is 1. The van der Waals surface area contributed by atoms with E-state index in [2.05, 4.69) is 31.5 Å². The summed E-state index contributed by atoms with van der Waals surface area (Å²) in [6, 6.07) is 29.6. The van der Waals surface area contributed by atoms with E-state index in [0.29, 0.717) is 17.0 Å². The maximum atomic E-state index is 14.3. The summed E-state index contributed by atoms with van der Waals surface area (Å²) in [7, 11) is 1.53. The van der Waals surface area contributed by atoms with Crippen LogP contribution in [0.25, 0.3) is 55.4 Å². The number of anilines is 1. The average molecular weight is 554 g/mol. The van der Waals surface area contributed by atoms with Gasteiger partial charge in [0.2, 0.25) is 0 Å². The summed E-state index contributed by atoms with van der Waals surface area (Å²) < 4.78 is 19.6. The number of amides is 1. The number of carbonyl (C=O) groups excluding carboxylic acids is 1. The number of H-pyrrole nitrogens is 2. The molecule has 0 saturated carbocycles. The van der Waals surface area contributed by atoms with Gasteiger partial charge in [-0.1, -0.05) is 36.4 Å². The van der Waals surface area contributed by atoms with Gasteiger partial charge in [0.1, 0.15) is 17.3 Å². The second-order valence-electron chi connectivity index (χ2n) is 9.94. The molecule has 0 aliphatic rings. The number of halogens is 1. The summed E-state index contributed by atoms with van der Waals surface area (Å²) in [6.45, 7) is 0. The minimum absolute atomic E-state index is 0.197. The Hall–Kier alpha value is -5.76. The molecule has 0 atom stereocenters. The molecule has 7 aromatic rings. The number of fused-ring (bicyclic) bond motifs is 2. The van der Waals surface area contributed by atoms with Crippen molar-refractivity contribution in [2.75, 3.05) is 12.4 Å². The van der Waals surface area contributed by atoms with Crippen molar-refractivity contribution in [3.05, 3.63) is 121 Å². The molecule has 0 bridgehead atoms. The molecule has 3 heterocycles. The third-order valence-corrected chi connectivity index (χ3v) is 7.27. The lowest BCUT2D eigenvalue weighted by Crippen LogP contribution is -2.11. The third kappa shape index (κ3) is 4.65. The molecule has 204 valence electrons. The van der Waals surface area contributed by atoms with E-state index in [9.17, 15) is 9.18 Å². The van der Waals surface area contributed by atoms with Crippen LogP contribution in [0.4, 0.5) is 10.1 Å². The van der Waals surface area contributed by atoms with Crippen LogP contribution in [0.1, 0.15) is 10.4 Å². The van der Waals surface area contributed by atoms with E-state index >= 15 is 0 Å². The topological polar surface area (TPSA) is 95.7 Å². The second kappa shape index (κ2) is 10.3. The van der Waals surface area contributed by atoms with Crippen LogP contribution < -0.4 is 10.1 Å². The molecule has 3 N–H and O–H groups in total. The van der Waals surface area contributed by atoms with Crippen LogP contribution in [0.2, 0.25) is 0 Å². The van der Waals surface area contributed by atoms with Crippen LogP contribution in [0.15, 0.2) is 109 Å². The number of nitrogens with one attached hydrogen (secondary N) is 3. The highest BCUT2D eigenvalue weighted by Crippen LogP contribution is 2.36. The van der Waals surface area contributed by atoms with E-state index in [-0.39, 0.29) is 11.7 Å². The van der Waals surface area contributed by atoms with Gasteiger partial charge >= 0.3 is 0 Å². The molecule has 4 aromatic carbocycles. The summed E-state index contributed by atoms with van der Waals surface area (Å²) >= 11 is 0. The number of rotatable bonds is 6. The van der Waals surface area contributed by atoms with Crippen LogP contribution in [-0.2, 0) is 0 Å². The Morgan fingerprint density at radius 3 is 2.55 bits per heavy atom. The Bertz CT molecular complexity index is 2100. The lowest BCUT2D eigenvalue weighted by Gasteiger charge is -2.08. The summed E-state index contributed by atoms with van der Waals surface area (Å²) in [5.74, 6) is -0.0973. The van der Waals surface area contributed by atoms with Gasteiger partial charge in [-0.2, -0.15) is 5.10 Å². The monoisotopic (exact) mass is 553 g/mol. The van der Waals surface area contributed by atoms with E-state index in [4.69, 9.17) is 4.74 Å². The van der Waals surface area contributed by atoms with Crippen LogP contribution >= 0.6 is 0 Å². The summed E-state index contributed by atoms with van der Waals surface area (Å²) in [5, 5.41) is 12.5. The minimum Gasteiger partial charge on any atom is -0.497 e. The molecule has 0 aliphatic heterocycles. The predicted molar refractivity (Wildman–Crippen MR) is 163 cm³/mol. The molecule has 8 heteroatoms. The van der Waals surface area contributed by atoms with Crippen molar-refractivity contribution in [1.29, 1.82) is 0 Å². The van der Waals surface area contributed by atoms with Gasteiger partial charge < -0.3 is 15.0 Å². The molecule has 0 fully saturated rings. The van der Waals surface area contributed by atoms with Gasteiger partial charge in [-0.15, -0.1) is 0 Å². The molecule has 3 aromatic heterocycles. The van der Waals surface area contributed by atoms with E-state index in [0.717, 1.165) is 55.4 Å². The fraction of sp³-hybridized carbons (Fsp3) is 0.0294. The van der Waals surface area contributed by atoms with E-state index in [1.165, 1.54) is 19.2 Å². The van der Waals surface area contributed by atoms with Gasteiger partial charge in [0.05, 0.1) is 30.2 Å². The molecular weight excluding hydrogens is 529 g/mol. The van der Waals surface area contributed by atoms with Crippen LogP contribution in [0, 0.1) is 5.82 Å². The van der Waals surface area contributed by atoms with E-state index < -0.39 is 0 Å². The Labute approximate surface area is 240 Å². The summed E-state index contributed by atoms with van der Waals surface area (Å²) in [5.41, 5.74) is 7.94. The summed E-state index contributed by atoms with van der Waals surface area (Å²) in [6.07, 6.45) is 3.39. The highest BCUT2D eigenvalue weighted by atomic mass is 19.1. The Morgan fingerprint density at radius 1 is 0.810 bits per heavy atom. The number of methoxy groups -OCH3 is 1. The molecular formula is C34H24FN5O2. The number of nitrogens with zero attached hydrogens (tertiary/aromatic N) is 2. The maximum absolute atomic E-state index is 14.3. The fourth-order valence-corrected chi connectivity index (χ4v) is 5.23. The zero-order valence-electron chi connectivity index (χ0n) is 22.5. The zero-order chi connectivity index (χ0) is 28.6. The first-order valence-corrected chi connectivity index (χ1v) is 13.3. The van der Waals surface area contributed by atoms with Crippen molar-refractivity contribution in [3.8, 4) is 39.4 Å². The highest BCUT2D eigenvalue weighted by molar-refractivity contribution is 6.05. The van der Waals surface area contributed by atoms with Gasteiger partial charge in [-0.25, -0.2) is 4.39 Å². The lowest BCUT2D eigenvalue weighted by molar-refractivity contribution is 0.102. The molecule has 7 rings (SSSR count). The Morgan fingerprint density at radius 2 is 1.69 bits per heavy atom. The molecule has 0 unspecified atom stereocenters. The number of aromatic nitrogens is 4. The SMILES string of the molecule is COc1cc(F)cc(-c2cccc3[nH]c(-c4n[nH]c5ccc(-c6cncc(NC(=O)c7ccccc7)c6)cc45)cc23)c1. The number of hydrogen-bond acceptors (Lipinski definition) is 4. The Balaban J connectivity index is 1.25. The predicted octanol–water partition coefficient (Wildman–Crippen LogP) is 7.84. The third-order valence-electron chi connectivity index (χ3n) is 7.27. The normalized spacial score (nSPS) is 11.2. The highest BCUT2D eigenvalue weighted by Gasteiger charge is 2.16. The maximum Gasteiger partial charge on any atom is 0.255 e. The van der Waals surface area contributed by atoms with Crippen molar-refractivity contribution in [1.82, 2.24) is 20.2 Å². The van der Waals surface area contributed by atoms with Crippen LogP contribution in [0.5, 0.6) is 5.75 Å². The number of carbonyl (C=O) groups is 1. The molecule has 7 nitrogen and oxygen atoms in total. The first-order chi connectivity index (χ1) is 20.6. The zero-order valence-corrected chi connectivity index (χ0v) is 22.5. The lowest BCUT2D eigenvalue weighted by atomic mass is 10.0. The van der Waals surface area contributed by atoms with Crippen molar-refractivity contribution >= 4 is 33.4 Å². The minimum atomic E-state index is -0.360. The first kappa shape index (κ1) is 25.2. The van der Waals surface area contributed by atoms with Crippen LogP contribution in [0.3, 0.4) is 0 Å². The van der Waals surface area contributed by atoms with E-state index in [1.54, 1.807) is 24.5 Å². The number of benzene rings is 4. The smallest absolute Gasteiger partial charge is 0.255 e. The molecule has 1 amide bonds. The van der Waals surface area contributed by atoms with Crippen molar-refractivity contribution in [3.63, 3.8) is 0 Å². The molecule has 0 spiro atoms. The largest absolute Gasteiger partial charge is 0.497 e. The molecule has 42 heavy (non-hydrogen) atoms. The van der Waals surface area contributed by atoms with E-state index in [1.807, 2.05) is 66.7 Å². The quantitative estimate of drug-likeness (QED) is 0.195. The van der Waals surface area contributed by atoms with Crippen LogP contribution in [-0.4, -0.2) is 33.2 Å². The fourth-order valence-electron chi connectivity index (χ4n) is 5.23. The number of hydrogen-bond donors (Lipinski definition) is 3. The van der Waals surface area contributed by atoms with Gasteiger partial charge in [0.25, 0.3) is 5.91 Å². The number of pyridine rings is 1. The Kier molecular flexibility index (Phi) is 6.20. The number of aromatic amines is 2. The van der Waals surface area contributed by atoms with Gasteiger partial charge in [-0.3, -0.25) is 14.9 Å². The first-order valence-electron chi connectivity index (χ1n) is 13.3. The average Bonchev–Trinajstić information content (AvgIpc) is 3.65. The van der Waals surface area contributed by atoms with Gasteiger partial charge in [0.15, 0.2) is 0 Å². The molecule has 0 saturated heterocycles.